The van der Waals surface area contributed by atoms with Crippen LogP contribution in [0.4, 0.5) is 0 Å². The van der Waals surface area contributed by atoms with Crippen molar-refractivity contribution in [1.82, 2.24) is 5.32 Å². The van der Waals surface area contributed by atoms with Gasteiger partial charge < -0.3 is 19.9 Å². The van der Waals surface area contributed by atoms with E-state index in [1.165, 1.54) is 6.08 Å². The first-order chi connectivity index (χ1) is 11.1. The van der Waals surface area contributed by atoms with E-state index in [2.05, 4.69) is 5.32 Å². The molecule has 0 spiro atoms. The van der Waals surface area contributed by atoms with Crippen LogP contribution in [0.3, 0.4) is 0 Å². The highest BCUT2D eigenvalue weighted by Gasteiger charge is 2.12. The molecule has 1 atom stereocenters. The van der Waals surface area contributed by atoms with Crippen molar-refractivity contribution in [3.8, 4) is 0 Å². The van der Waals surface area contributed by atoms with Gasteiger partial charge in [0.2, 0.25) is 0 Å². The van der Waals surface area contributed by atoms with Crippen molar-refractivity contribution < 1.29 is 24.2 Å². The summed E-state index contributed by atoms with van der Waals surface area (Å²) < 4.78 is 9.73. The summed E-state index contributed by atoms with van der Waals surface area (Å²) in [6.07, 6.45) is 2.95. The van der Waals surface area contributed by atoms with Gasteiger partial charge in [-0.05, 0) is 31.5 Å². The number of carbonyl (C=O) groups excluding carboxylic acids is 2. The Labute approximate surface area is 136 Å². The number of nitrogens with one attached hydrogen (secondary N) is 1. The lowest BCUT2D eigenvalue weighted by atomic mass is 10.0. The zero-order valence-electron chi connectivity index (χ0n) is 13.5. The molecule has 0 saturated carbocycles. The molecule has 1 aromatic carbocycles. The van der Waals surface area contributed by atoms with Crippen LogP contribution < -0.4 is 5.32 Å². The first-order valence-electron chi connectivity index (χ1n) is 7.57. The minimum Gasteiger partial charge on any atom is -0.463 e. The third-order valence-corrected chi connectivity index (χ3v) is 3.01. The van der Waals surface area contributed by atoms with Crippen molar-refractivity contribution in [3.05, 3.63) is 47.5 Å². The highest BCUT2D eigenvalue weighted by molar-refractivity contribution is 5.89. The molecule has 0 fully saturated rings. The number of esters is 2. The monoisotopic (exact) mass is 321 g/mol. The van der Waals surface area contributed by atoms with E-state index in [1.807, 2.05) is 6.07 Å². The van der Waals surface area contributed by atoms with Gasteiger partial charge in [-0.1, -0.05) is 18.2 Å². The summed E-state index contributed by atoms with van der Waals surface area (Å²) in [7, 11) is 0. The summed E-state index contributed by atoms with van der Waals surface area (Å²) in [5.41, 5.74) is 1.20. The Morgan fingerprint density at radius 3 is 2.65 bits per heavy atom. The lowest BCUT2D eigenvalue weighted by Gasteiger charge is -2.16. The highest BCUT2D eigenvalue weighted by Crippen LogP contribution is 2.15. The summed E-state index contributed by atoms with van der Waals surface area (Å²) in [5, 5.41) is 12.6. The molecule has 0 radical (unpaired) electrons. The number of carbonyl (C=O) groups is 2. The Morgan fingerprint density at radius 2 is 2.00 bits per heavy atom. The maximum atomic E-state index is 11.7. The van der Waals surface area contributed by atoms with Gasteiger partial charge in [0.1, 0.15) is 0 Å². The van der Waals surface area contributed by atoms with Crippen LogP contribution in [-0.2, 0) is 14.3 Å². The zero-order valence-corrected chi connectivity index (χ0v) is 13.5. The second-order valence-electron chi connectivity index (χ2n) is 4.64. The minimum absolute atomic E-state index is 0.139. The van der Waals surface area contributed by atoms with E-state index in [0.29, 0.717) is 25.3 Å². The second kappa shape index (κ2) is 10.5. The second-order valence-corrected chi connectivity index (χ2v) is 4.64. The number of benzene rings is 1. The molecule has 1 aromatic rings. The lowest BCUT2D eigenvalue weighted by Crippen LogP contribution is -2.25. The topological polar surface area (TPSA) is 84.9 Å². The van der Waals surface area contributed by atoms with Gasteiger partial charge in [0.25, 0.3) is 0 Å². The quantitative estimate of drug-likeness (QED) is 0.531. The third-order valence-electron chi connectivity index (χ3n) is 3.01. The molecule has 1 rings (SSSR count). The SMILES string of the molecule is CCOC(=O)/C=C/CNC(CO)c1cccc(C(=O)OCC)c1. The lowest BCUT2D eigenvalue weighted by molar-refractivity contribution is -0.137. The molecule has 6 nitrogen and oxygen atoms in total. The van der Waals surface area contributed by atoms with Crippen LogP contribution in [0.15, 0.2) is 36.4 Å². The molecule has 0 aliphatic rings. The number of hydrogen-bond acceptors (Lipinski definition) is 6. The summed E-state index contributed by atoms with van der Waals surface area (Å²) in [6.45, 7) is 4.37. The van der Waals surface area contributed by atoms with E-state index in [-0.39, 0.29) is 12.6 Å². The predicted molar refractivity (Wildman–Crippen MR) is 86.0 cm³/mol. The fourth-order valence-electron chi connectivity index (χ4n) is 1.94. The smallest absolute Gasteiger partial charge is 0.338 e. The summed E-state index contributed by atoms with van der Waals surface area (Å²) in [4.78, 5) is 22.9. The van der Waals surface area contributed by atoms with Crippen LogP contribution in [-0.4, -0.2) is 43.4 Å². The number of rotatable bonds is 9. The maximum absolute atomic E-state index is 11.7. The van der Waals surface area contributed by atoms with Crippen molar-refractivity contribution in [3.63, 3.8) is 0 Å². The number of ether oxygens (including phenoxy) is 2. The minimum atomic E-state index is -0.404. The summed E-state index contributed by atoms with van der Waals surface area (Å²) in [5.74, 6) is -0.799. The predicted octanol–water partition coefficient (Wildman–Crippen LogP) is 1.61. The fourth-order valence-corrected chi connectivity index (χ4v) is 1.94. The molecular weight excluding hydrogens is 298 g/mol. The van der Waals surface area contributed by atoms with Crippen molar-refractivity contribution in [2.45, 2.75) is 19.9 Å². The maximum Gasteiger partial charge on any atom is 0.338 e. The van der Waals surface area contributed by atoms with Gasteiger partial charge in [-0.3, -0.25) is 0 Å². The van der Waals surface area contributed by atoms with Gasteiger partial charge in [-0.2, -0.15) is 0 Å². The molecule has 6 heteroatoms. The Bertz CT molecular complexity index is 542. The summed E-state index contributed by atoms with van der Waals surface area (Å²) in [6, 6.07) is 6.54. The third kappa shape index (κ3) is 6.63. The molecule has 0 heterocycles. The molecule has 0 bridgehead atoms. The van der Waals surface area contributed by atoms with Gasteiger partial charge in [0, 0.05) is 12.6 Å². The molecule has 1 unspecified atom stereocenters. The first-order valence-corrected chi connectivity index (χ1v) is 7.57. The van der Waals surface area contributed by atoms with Crippen molar-refractivity contribution >= 4 is 11.9 Å². The molecule has 0 aliphatic heterocycles. The van der Waals surface area contributed by atoms with E-state index in [0.717, 1.165) is 5.56 Å². The molecule has 0 aliphatic carbocycles. The normalized spacial score (nSPS) is 12.1. The van der Waals surface area contributed by atoms with Gasteiger partial charge >= 0.3 is 11.9 Å². The van der Waals surface area contributed by atoms with E-state index in [4.69, 9.17) is 9.47 Å². The molecular formula is C17H23NO5. The van der Waals surface area contributed by atoms with E-state index in [1.54, 1.807) is 38.1 Å². The first kappa shape index (κ1) is 18.9. The average molecular weight is 321 g/mol. The van der Waals surface area contributed by atoms with Crippen molar-refractivity contribution in [2.24, 2.45) is 0 Å². The van der Waals surface area contributed by atoms with E-state index in [9.17, 15) is 14.7 Å². The Balaban J connectivity index is 2.65. The number of hydrogen-bond donors (Lipinski definition) is 2. The fraction of sp³-hybridized carbons (Fsp3) is 0.412. The van der Waals surface area contributed by atoms with E-state index < -0.39 is 11.9 Å². The molecule has 0 amide bonds. The van der Waals surface area contributed by atoms with Crippen molar-refractivity contribution in [2.75, 3.05) is 26.4 Å². The van der Waals surface area contributed by atoms with Crippen LogP contribution in [0, 0.1) is 0 Å². The van der Waals surface area contributed by atoms with Gasteiger partial charge in [-0.15, -0.1) is 0 Å². The Hall–Kier alpha value is -2.18. The molecule has 0 saturated heterocycles. The van der Waals surface area contributed by atoms with Crippen LogP contribution in [0.25, 0.3) is 0 Å². The van der Waals surface area contributed by atoms with Crippen LogP contribution >= 0.6 is 0 Å². The molecule has 23 heavy (non-hydrogen) atoms. The summed E-state index contributed by atoms with van der Waals surface area (Å²) >= 11 is 0. The zero-order chi connectivity index (χ0) is 17.1. The van der Waals surface area contributed by atoms with Gasteiger partial charge in [-0.25, -0.2) is 9.59 Å². The van der Waals surface area contributed by atoms with Crippen LogP contribution in [0.2, 0.25) is 0 Å². The van der Waals surface area contributed by atoms with Crippen LogP contribution in [0.5, 0.6) is 0 Å². The number of aliphatic hydroxyl groups is 1. The molecule has 2 N–H and O–H groups in total. The largest absolute Gasteiger partial charge is 0.463 e. The van der Waals surface area contributed by atoms with Crippen molar-refractivity contribution in [1.29, 1.82) is 0 Å². The number of aliphatic hydroxyl groups excluding tert-OH is 1. The van der Waals surface area contributed by atoms with Gasteiger partial charge in [0.15, 0.2) is 0 Å². The Morgan fingerprint density at radius 1 is 1.26 bits per heavy atom. The van der Waals surface area contributed by atoms with E-state index >= 15 is 0 Å². The Kier molecular flexibility index (Phi) is 8.64. The van der Waals surface area contributed by atoms with Crippen LogP contribution in [0.1, 0.15) is 35.8 Å². The average Bonchev–Trinajstić information content (AvgIpc) is 2.55. The highest BCUT2D eigenvalue weighted by atomic mass is 16.5. The standard InChI is InChI=1S/C17H23NO5/c1-3-22-16(20)9-6-10-18-15(12-19)13-7-5-8-14(11-13)17(21)23-4-2/h5-9,11,15,18-19H,3-4,10,12H2,1-2H3/b9-6+. The molecule has 126 valence electrons. The molecule has 0 aromatic heterocycles. The van der Waals surface area contributed by atoms with Gasteiger partial charge in [0.05, 0.1) is 31.4 Å².